The molecule has 204 valence electrons. The molecule has 0 spiro atoms. The molecule has 5 rings (SSSR count). The highest BCUT2D eigenvalue weighted by Gasteiger charge is 2.59. The van der Waals surface area contributed by atoms with Crippen molar-refractivity contribution in [3.05, 3.63) is 132 Å². The number of amides is 1. The van der Waals surface area contributed by atoms with Crippen molar-refractivity contribution in [1.29, 1.82) is 0 Å². The first-order valence-corrected chi connectivity index (χ1v) is 15.4. The topological polar surface area (TPSA) is 107 Å². The fraction of sp³-hybridized carbons (Fsp3) is 0.133. The van der Waals surface area contributed by atoms with Gasteiger partial charge in [0, 0.05) is 5.56 Å². The Hall–Kier alpha value is -4.15. The molecule has 1 aliphatic heterocycles. The Morgan fingerprint density at radius 2 is 1.15 bits per heavy atom. The second-order valence-corrected chi connectivity index (χ2v) is 13.8. The van der Waals surface area contributed by atoms with E-state index in [0.29, 0.717) is 5.56 Å². The molecule has 0 fully saturated rings. The Balaban J connectivity index is 1.78. The number of sulfone groups is 2. The molecule has 1 aliphatic rings. The number of rotatable bonds is 8. The summed E-state index contributed by atoms with van der Waals surface area (Å²) >= 11 is 0. The highest BCUT2D eigenvalue weighted by atomic mass is 32.3. The van der Waals surface area contributed by atoms with Crippen molar-refractivity contribution in [1.82, 2.24) is 0 Å². The van der Waals surface area contributed by atoms with Gasteiger partial charge in [0.2, 0.25) is 5.90 Å². The van der Waals surface area contributed by atoms with Crippen LogP contribution < -0.4 is 0 Å². The third-order valence-electron chi connectivity index (χ3n) is 6.81. The van der Waals surface area contributed by atoms with Crippen molar-refractivity contribution >= 4 is 31.5 Å². The third kappa shape index (κ3) is 4.84. The molecule has 4 aromatic carbocycles. The maximum absolute atomic E-state index is 14.3. The first-order valence-electron chi connectivity index (χ1n) is 12.3. The molecule has 7 nitrogen and oxygen atoms in total. The van der Waals surface area contributed by atoms with Crippen LogP contribution in [0.15, 0.2) is 130 Å². The van der Waals surface area contributed by atoms with Crippen LogP contribution in [0.3, 0.4) is 0 Å². The van der Waals surface area contributed by atoms with E-state index in [-0.39, 0.29) is 21.3 Å². The normalized spacial score (nSPS) is 18.3. The molecule has 0 bridgehead atoms. The molecular weight excluding hydrogens is 553 g/mol. The minimum absolute atomic E-state index is 0.0748. The number of nitrogens with zero attached hydrogens (tertiary/aromatic N) is 1. The summed E-state index contributed by atoms with van der Waals surface area (Å²) in [5.41, 5.74) is -1.56. The van der Waals surface area contributed by atoms with Crippen LogP contribution in [0.5, 0.6) is 0 Å². The van der Waals surface area contributed by atoms with Gasteiger partial charge in [-0.3, -0.25) is 4.79 Å². The van der Waals surface area contributed by atoms with Gasteiger partial charge in [0.25, 0.3) is 5.91 Å². The maximum Gasteiger partial charge on any atom is 0.293 e. The lowest BCUT2D eigenvalue weighted by Crippen LogP contribution is -2.51. The van der Waals surface area contributed by atoms with Gasteiger partial charge in [-0.15, -0.1) is 0 Å². The van der Waals surface area contributed by atoms with Gasteiger partial charge in [0.05, 0.1) is 15.7 Å². The summed E-state index contributed by atoms with van der Waals surface area (Å²) in [6, 6.07) is 27.4. The van der Waals surface area contributed by atoms with Crippen molar-refractivity contribution in [2.45, 2.75) is 32.8 Å². The zero-order chi connectivity index (χ0) is 28.5. The fourth-order valence-corrected chi connectivity index (χ4v) is 9.95. The third-order valence-corrected chi connectivity index (χ3v) is 12.0. The van der Waals surface area contributed by atoms with Gasteiger partial charge in [-0.1, -0.05) is 66.7 Å². The molecule has 0 saturated carbocycles. The van der Waals surface area contributed by atoms with Gasteiger partial charge in [0.15, 0.2) is 29.9 Å². The van der Waals surface area contributed by atoms with Crippen LogP contribution in [0.4, 0.5) is 4.39 Å². The lowest BCUT2D eigenvalue weighted by molar-refractivity contribution is -0.131. The van der Waals surface area contributed by atoms with Crippen LogP contribution in [0.2, 0.25) is 0 Å². The van der Waals surface area contributed by atoms with E-state index in [9.17, 15) is 26.0 Å². The van der Waals surface area contributed by atoms with Crippen LogP contribution in [0.25, 0.3) is 0 Å². The van der Waals surface area contributed by atoms with E-state index in [1.54, 1.807) is 42.5 Å². The SMILES string of the molecule is C[C@@]1([C@@H](c2ccc(F)cc2)C(S(=O)(=O)c2ccccc2)S(=O)(=O)c2ccccc2)OC(c2ccccc2)=NC1=O. The van der Waals surface area contributed by atoms with E-state index >= 15 is 0 Å². The quantitative estimate of drug-likeness (QED) is 0.294. The van der Waals surface area contributed by atoms with E-state index in [0.717, 1.165) is 12.1 Å². The number of aliphatic imine (C=N–C) groups is 1. The number of ether oxygens (including phenoxy) is 1. The highest BCUT2D eigenvalue weighted by Crippen LogP contribution is 2.46. The number of hydrogen-bond donors (Lipinski definition) is 0. The van der Waals surface area contributed by atoms with Crippen molar-refractivity contribution in [2.75, 3.05) is 0 Å². The van der Waals surface area contributed by atoms with Gasteiger partial charge in [0.1, 0.15) is 5.82 Å². The number of carbonyl (C=O) groups is 1. The molecule has 1 heterocycles. The zero-order valence-corrected chi connectivity index (χ0v) is 22.8. The molecule has 0 aromatic heterocycles. The number of benzene rings is 4. The van der Waals surface area contributed by atoms with Gasteiger partial charge < -0.3 is 4.74 Å². The Bertz CT molecular complexity index is 1710. The van der Waals surface area contributed by atoms with Gasteiger partial charge in [-0.2, -0.15) is 4.99 Å². The van der Waals surface area contributed by atoms with Crippen LogP contribution >= 0.6 is 0 Å². The Labute approximate surface area is 231 Å². The summed E-state index contributed by atoms with van der Waals surface area (Å²) in [5, 5.41) is 0. The molecule has 40 heavy (non-hydrogen) atoms. The zero-order valence-electron chi connectivity index (χ0n) is 21.2. The summed E-state index contributed by atoms with van der Waals surface area (Å²) < 4.78 is 75.2. The predicted molar refractivity (Wildman–Crippen MR) is 148 cm³/mol. The fourth-order valence-electron chi connectivity index (χ4n) is 4.79. The molecule has 0 N–H and O–H groups in total. The van der Waals surface area contributed by atoms with Crippen LogP contribution in [0, 0.1) is 5.82 Å². The minimum Gasteiger partial charge on any atom is -0.460 e. The summed E-state index contributed by atoms with van der Waals surface area (Å²) in [4.78, 5) is 17.2. The molecule has 0 aliphatic carbocycles. The van der Waals surface area contributed by atoms with Crippen molar-refractivity contribution in [3.63, 3.8) is 0 Å². The molecular formula is C30H24FNO6S2. The Kier molecular flexibility index (Phi) is 7.16. The molecule has 4 aromatic rings. The van der Waals surface area contributed by atoms with Crippen LogP contribution in [-0.2, 0) is 29.2 Å². The van der Waals surface area contributed by atoms with E-state index in [1.165, 1.54) is 67.6 Å². The average molecular weight is 578 g/mol. The Morgan fingerprint density at radius 1 is 0.700 bits per heavy atom. The summed E-state index contributed by atoms with van der Waals surface area (Å²) in [6.07, 6.45) is 0. The molecule has 0 unspecified atom stereocenters. The smallest absolute Gasteiger partial charge is 0.293 e. The van der Waals surface area contributed by atoms with Crippen molar-refractivity contribution in [3.8, 4) is 0 Å². The molecule has 2 atom stereocenters. The van der Waals surface area contributed by atoms with Gasteiger partial charge in [-0.25, -0.2) is 21.2 Å². The molecule has 0 radical (unpaired) electrons. The van der Waals surface area contributed by atoms with Gasteiger partial charge in [-0.05, 0) is 61.0 Å². The second kappa shape index (κ2) is 10.4. The molecule has 10 heteroatoms. The van der Waals surface area contributed by atoms with E-state index in [2.05, 4.69) is 4.99 Å². The maximum atomic E-state index is 14.3. The highest BCUT2D eigenvalue weighted by molar-refractivity contribution is 8.09. The number of halogens is 1. The standard InChI is InChI=1S/C30H24FNO6S2/c1-30(29(33)32-27(38-30)22-11-5-2-6-12-22)26(21-17-19-23(31)20-18-21)28(39(34,35)24-13-7-3-8-14-24)40(36,37)25-15-9-4-10-16-25/h2-20,26,28H,1H3/t26-,30-/m0/s1. The summed E-state index contributed by atoms with van der Waals surface area (Å²) in [6.45, 7) is 1.32. The molecule has 1 amide bonds. The number of carbonyl (C=O) groups excluding carboxylic acids is 1. The van der Waals surface area contributed by atoms with Gasteiger partial charge >= 0.3 is 0 Å². The Morgan fingerprint density at radius 3 is 1.62 bits per heavy atom. The van der Waals surface area contributed by atoms with Crippen LogP contribution in [-0.4, -0.2) is 38.8 Å². The van der Waals surface area contributed by atoms with E-state index in [1.807, 2.05) is 0 Å². The lowest BCUT2D eigenvalue weighted by Gasteiger charge is -2.36. The lowest BCUT2D eigenvalue weighted by atomic mass is 9.84. The van der Waals surface area contributed by atoms with Crippen molar-refractivity contribution < 1.29 is 30.8 Å². The van der Waals surface area contributed by atoms with E-state index < -0.39 is 47.5 Å². The number of hydrogen-bond acceptors (Lipinski definition) is 6. The summed E-state index contributed by atoms with van der Waals surface area (Å²) in [5.74, 6) is -3.22. The second-order valence-electron chi connectivity index (χ2n) is 9.41. The summed E-state index contributed by atoms with van der Waals surface area (Å²) in [7, 11) is -9.42. The van der Waals surface area contributed by atoms with Crippen LogP contribution in [0.1, 0.15) is 24.0 Å². The first kappa shape index (κ1) is 27.4. The van der Waals surface area contributed by atoms with E-state index in [4.69, 9.17) is 4.74 Å². The average Bonchev–Trinajstić information content (AvgIpc) is 3.28. The molecule has 0 saturated heterocycles. The predicted octanol–water partition coefficient (Wildman–Crippen LogP) is 4.95. The van der Waals surface area contributed by atoms with Crippen molar-refractivity contribution in [2.24, 2.45) is 4.99 Å². The first-order chi connectivity index (χ1) is 19.0. The minimum atomic E-state index is -4.71. The largest absolute Gasteiger partial charge is 0.460 e. The monoisotopic (exact) mass is 577 g/mol.